The van der Waals surface area contributed by atoms with Crippen LogP contribution in [0.15, 0.2) is 41.6 Å². The molecule has 0 unspecified atom stereocenters. The SMILES string of the molecule is CC(C)(Sc1ccc2[nH]c(-c3cc(C(C)(C)C)ncn3)cc2c1)C(=O)O. The average molecular weight is 369 g/mol. The van der Waals surface area contributed by atoms with E-state index in [9.17, 15) is 9.90 Å². The van der Waals surface area contributed by atoms with Crippen LogP contribution in [0.4, 0.5) is 0 Å². The number of aromatic amines is 1. The highest BCUT2D eigenvalue weighted by Crippen LogP contribution is 2.35. The minimum atomic E-state index is -0.874. The lowest BCUT2D eigenvalue weighted by Gasteiger charge is -2.18. The zero-order chi connectivity index (χ0) is 19.1. The number of hydrogen-bond acceptors (Lipinski definition) is 4. The van der Waals surface area contributed by atoms with E-state index in [1.54, 1.807) is 20.2 Å². The van der Waals surface area contributed by atoms with Gasteiger partial charge in [-0.1, -0.05) is 20.8 Å². The van der Waals surface area contributed by atoms with Crippen LogP contribution in [0.3, 0.4) is 0 Å². The van der Waals surface area contributed by atoms with Crippen LogP contribution >= 0.6 is 11.8 Å². The van der Waals surface area contributed by atoms with E-state index in [4.69, 9.17) is 0 Å². The molecule has 2 N–H and O–H groups in total. The van der Waals surface area contributed by atoms with Crippen molar-refractivity contribution in [2.24, 2.45) is 0 Å². The zero-order valence-corrected chi connectivity index (χ0v) is 16.4. The number of benzene rings is 1. The molecule has 0 spiro atoms. The van der Waals surface area contributed by atoms with E-state index in [1.807, 2.05) is 30.3 Å². The number of carboxylic acids is 1. The molecule has 5 nitrogen and oxygen atoms in total. The molecule has 0 aliphatic rings. The van der Waals surface area contributed by atoms with E-state index in [1.165, 1.54) is 11.8 Å². The molecule has 0 saturated carbocycles. The first-order valence-electron chi connectivity index (χ1n) is 8.44. The molecule has 0 bridgehead atoms. The number of nitrogens with zero attached hydrogens (tertiary/aromatic N) is 2. The Hall–Kier alpha value is -2.34. The summed E-state index contributed by atoms with van der Waals surface area (Å²) < 4.78 is -0.874. The smallest absolute Gasteiger partial charge is 0.319 e. The first-order chi connectivity index (χ1) is 12.1. The highest BCUT2D eigenvalue weighted by Gasteiger charge is 2.28. The van der Waals surface area contributed by atoms with Gasteiger partial charge in [0.1, 0.15) is 11.1 Å². The second kappa shape index (κ2) is 6.43. The van der Waals surface area contributed by atoms with E-state index < -0.39 is 10.7 Å². The number of fused-ring (bicyclic) bond motifs is 1. The molecule has 0 fully saturated rings. The van der Waals surface area contributed by atoms with Gasteiger partial charge in [0.15, 0.2) is 0 Å². The minimum absolute atomic E-state index is 0.0457. The van der Waals surface area contributed by atoms with Gasteiger partial charge in [0.2, 0.25) is 0 Å². The van der Waals surface area contributed by atoms with Crippen molar-refractivity contribution in [3.8, 4) is 11.4 Å². The summed E-state index contributed by atoms with van der Waals surface area (Å²) in [5.74, 6) is -0.826. The fourth-order valence-corrected chi connectivity index (χ4v) is 3.56. The van der Waals surface area contributed by atoms with Crippen LogP contribution in [0, 0.1) is 0 Å². The van der Waals surface area contributed by atoms with Crippen LogP contribution in [-0.4, -0.2) is 30.8 Å². The minimum Gasteiger partial charge on any atom is -0.480 e. The Morgan fingerprint density at radius 2 is 1.81 bits per heavy atom. The molecule has 0 atom stereocenters. The monoisotopic (exact) mass is 369 g/mol. The van der Waals surface area contributed by atoms with Crippen molar-refractivity contribution in [3.63, 3.8) is 0 Å². The Morgan fingerprint density at radius 1 is 1.08 bits per heavy atom. The molecule has 0 radical (unpaired) electrons. The molecule has 2 heterocycles. The number of carboxylic acid groups (broad SMARTS) is 1. The Labute approximate surface area is 157 Å². The molecule has 2 aromatic heterocycles. The van der Waals surface area contributed by atoms with E-state index in [-0.39, 0.29) is 5.41 Å². The molecule has 0 aliphatic heterocycles. The van der Waals surface area contributed by atoms with Gasteiger partial charge < -0.3 is 10.1 Å². The van der Waals surface area contributed by atoms with Crippen molar-refractivity contribution >= 4 is 28.6 Å². The van der Waals surface area contributed by atoms with Crippen molar-refractivity contribution in [3.05, 3.63) is 42.4 Å². The molecule has 136 valence electrons. The fourth-order valence-electron chi connectivity index (χ4n) is 2.57. The van der Waals surface area contributed by atoms with Crippen molar-refractivity contribution in [1.29, 1.82) is 0 Å². The molecule has 1 aromatic carbocycles. The van der Waals surface area contributed by atoms with Gasteiger partial charge in [0.05, 0.1) is 11.4 Å². The summed E-state index contributed by atoms with van der Waals surface area (Å²) in [7, 11) is 0. The number of nitrogens with one attached hydrogen (secondary N) is 1. The van der Waals surface area contributed by atoms with Crippen molar-refractivity contribution in [1.82, 2.24) is 15.0 Å². The largest absolute Gasteiger partial charge is 0.480 e. The second-order valence-corrected chi connectivity index (χ2v) is 9.58. The molecule has 3 rings (SSSR count). The van der Waals surface area contributed by atoms with Crippen LogP contribution in [0.25, 0.3) is 22.3 Å². The molecular weight excluding hydrogens is 346 g/mol. The normalized spacial score (nSPS) is 12.5. The van der Waals surface area contributed by atoms with E-state index in [0.29, 0.717) is 0 Å². The topological polar surface area (TPSA) is 78.9 Å². The predicted molar refractivity (Wildman–Crippen MR) is 106 cm³/mol. The number of hydrogen-bond donors (Lipinski definition) is 2. The number of aliphatic carboxylic acids is 1. The molecule has 0 saturated heterocycles. The third kappa shape index (κ3) is 3.75. The van der Waals surface area contributed by atoms with Crippen LogP contribution in [0.2, 0.25) is 0 Å². The Kier molecular flexibility index (Phi) is 4.56. The van der Waals surface area contributed by atoms with Crippen molar-refractivity contribution < 1.29 is 9.90 Å². The van der Waals surface area contributed by atoms with Crippen LogP contribution < -0.4 is 0 Å². The van der Waals surface area contributed by atoms with Gasteiger partial charge in [-0.05, 0) is 44.2 Å². The number of carbonyl (C=O) groups is 1. The maximum absolute atomic E-state index is 11.3. The summed E-state index contributed by atoms with van der Waals surface area (Å²) in [6.45, 7) is 9.79. The average Bonchev–Trinajstić information content (AvgIpc) is 2.97. The van der Waals surface area contributed by atoms with Gasteiger partial charge in [-0.25, -0.2) is 9.97 Å². The Morgan fingerprint density at radius 3 is 2.46 bits per heavy atom. The fraction of sp³-hybridized carbons (Fsp3) is 0.350. The third-order valence-electron chi connectivity index (χ3n) is 4.19. The lowest BCUT2D eigenvalue weighted by atomic mass is 9.91. The highest BCUT2D eigenvalue weighted by molar-refractivity contribution is 8.01. The second-order valence-electron chi connectivity index (χ2n) is 7.89. The van der Waals surface area contributed by atoms with Gasteiger partial charge in [-0.2, -0.15) is 0 Å². The Bertz CT molecular complexity index is 971. The Balaban J connectivity index is 1.97. The van der Waals surface area contributed by atoms with Gasteiger partial charge >= 0.3 is 5.97 Å². The third-order valence-corrected chi connectivity index (χ3v) is 5.37. The number of thioether (sulfide) groups is 1. The van der Waals surface area contributed by atoms with Gasteiger partial charge in [0, 0.05) is 26.9 Å². The molecule has 0 amide bonds. The summed E-state index contributed by atoms with van der Waals surface area (Å²) in [4.78, 5) is 24.4. The maximum atomic E-state index is 11.3. The van der Waals surface area contributed by atoms with Gasteiger partial charge in [0.25, 0.3) is 0 Å². The van der Waals surface area contributed by atoms with Crippen molar-refractivity contribution in [2.45, 2.75) is 49.7 Å². The molecule has 3 aromatic rings. The summed E-state index contributed by atoms with van der Waals surface area (Å²) in [6, 6.07) is 9.98. The summed E-state index contributed by atoms with van der Waals surface area (Å²) in [5.41, 5.74) is 3.71. The summed E-state index contributed by atoms with van der Waals surface area (Å²) >= 11 is 1.34. The number of aromatic nitrogens is 3. The molecule has 0 aliphatic carbocycles. The van der Waals surface area contributed by atoms with Crippen LogP contribution in [0.1, 0.15) is 40.3 Å². The lowest BCUT2D eigenvalue weighted by Crippen LogP contribution is -2.26. The van der Waals surface area contributed by atoms with Crippen LogP contribution in [-0.2, 0) is 10.2 Å². The highest BCUT2D eigenvalue weighted by atomic mass is 32.2. The van der Waals surface area contributed by atoms with E-state index >= 15 is 0 Å². The quantitative estimate of drug-likeness (QED) is 0.641. The molecule has 26 heavy (non-hydrogen) atoms. The zero-order valence-electron chi connectivity index (χ0n) is 15.6. The lowest BCUT2D eigenvalue weighted by molar-refractivity contribution is -0.138. The summed E-state index contributed by atoms with van der Waals surface area (Å²) in [6.07, 6.45) is 1.60. The van der Waals surface area contributed by atoms with E-state index in [2.05, 4.69) is 35.7 Å². The van der Waals surface area contributed by atoms with Crippen molar-refractivity contribution in [2.75, 3.05) is 0 Å². The van der Waals surface area contributed by atoms with E-state index in [0.717, 1.165) is 32.9 Å². The molecule has 6 heteroatoms. The van der Waals surface area contributed by atoms with Gasteiger partial charge in [-0.15, -0.1) is 11.8 Å². The molecular formula is C20H23N3O2S. The number of H-pyrrole nitrogens is 1. The summed E-state index contributed by atoms with van der Waals surface area (Å²) in [5, 5.41) is 10.3. The standard InChI is InChI=1S/C20H23N3O2S/c1-19(2,3)17-10-15(21-11-22-17)16-9-12-8-13(6-7-14(12)23-16)26-20(4,5)18(24)25/h6-11,23H,1-5H3,(H,24,25). The number of rotatable bonds is 4. The van der Waals surface area contributed by atoms with Gasteiger partial charge in [-0.3, -0.25) is 4.79 Å². The maximum Gasteiger partial charge on any atom is 0.319 e. The first kappa shape index (κ1) is 18.5. The van der Waals surface area contributed by atoms with Crippen LogP contribution in [0.5, 0.6) is 0 Å². The first-order valence-corrected chi connectivity index (χ1v) is 9.26. The predicted octanol–water partition coefficient (Wildman–Crippen LogP) is 4.88.